The first-order valence-electron chi connectivity index (χ1n) is 9.97. The van der Waals surface area contributed by atoms with Crippen LogP contribution in [0.1, 0.15) is 10.4 Å². The van der Waals surface area contributed by atoms with Gasteiger partial charge in [0.15, 0.2) is 0 Å². The maximum atomic E-state index is 5.86. The molecule has 0 saturated carbocycles. The van der Waals surface area contributed by atoms with Crippen molar-refractivity contribution in [1.29, 1.82) is 0 Å². The van der Waals surface area contributed by atoms with Crippen LogP contribution < -0.4 is 14.5 Å². The van der Waals surface area contributed by atoms with Crippen molar-refractivity contribution in [2.45, 2.75) is 13.5 Å². The molecule has 0 unspecified atom stereocenters. The van der Waals surface area contributed by atoms with Gasteiger partial charge >= 0.3 is 0 Å². The summed E-state index contributed by atoms with van der Waals surface area (Å²) in [5, 5.41) is 1.14. The average molecular weight is 419 g/mol. The van der Waals surface area contributed by atoms with E-state index in [0.29, 0.717) is 18.4 Å². The van der Waals surface area contributed by atoms with Gasteiger partial charge in [0.2, 0.25) is 11.8 Å². The highest BCUT2D eigenvalue weighted by Gasteiger charge is 2.22. The van der Waals surface area contributed by atoms with Crippen LogP contribution in [0, 0.1) is 6.92 Å². The van der Waals surface area contributed by atoms with E-state index in [0.717, 1.165) is 47.8 Å². The molecule has 152 valence electrons. The number of rotatable bonds is 5. The first kappa shape index (κ1) is 18.7. The van der Waals surface area contributed by atoms with Crippen molar-refractivity contribution in [3.8, 4) is 5.88 Å². The normalized spacial score (nSPS) is 14.3. The molecule has 0 atom stereocenters. The van der Waals surface area contributed by atoms with Crippen LogP contribution in [0.25, 0.3) is 10.2 Å². The Labute approximate surface area is 179 Å². The molecule has 1 aliphatic heterocycles. The second kappa shape index (κ2) is 8.23. The van der Waals surface area contributed by atoms with Crippen LogP contribution in [-0.4, -0.2) is 46.1 Å². The van der Waals surface area contributed by atoms with Crippen LogP contribution in [0.3, 0.4) is 0 Å². The fourth-order valence-electron chi connectivity index (χ4n) is 3.63. The van der Waals surface area contributed by atoms with Gasteiger partial charge in [-0.1, -0.05) is 30.3 Å². The number of nitrogens with zero attached hydrogens (tertiary/aromatic N) is 6. The molecule has 30 heavy (non-hydrogen) atoms. The third-order valence-electron chi connectivity index (χ3n) is 5.14. The Morgan fingerprint density at radius 1 is 0.967 bits per heavy atom. The summed E-state index contributed by atoms with van der Waals surface area (Å²) in [6, 6.07) is 14.1. The summed E-state index contributed by atoms with van der Waals surface area (Å²) in [6.07, 6.45) is 3.42. The van der Waals surface area contributed by atoms with Crippen LogP contribution in [0.4, 0.5) is 11.8 Å². The molecule has 3 aromatic heterocycles. The number of hydrogen-bond acceptors (Lipinski definition) is 8. The molecular weight excluding hydrogens is 396 g/mol. The number of fused-ring (bicyclic) bond motifs is 1. The molecule has 0 aliphatic carbocycles. The zero-order chi connectivity index (χ0) is 20.3. The van der Waals surface area contributed by atoms with E-state index in [-0.39, 0.29) is 0 Å². The predicted molar refractivity (Wildman–Crippen MR) is 119 cm³/mol. The van der Waals surface area contributed by atoms with Crippen molar-refractivity contribution in [2.24, 2.45) is 0 Å². The molecule has 4 heterocycles. The largest absolute Gasteiger partial charge is 0.473 e. The smallest absolute Gasteiger partial charge is 0.228 e. The van der Waals surface area contributed by atoms with E-state index in [1.165, 1.54) is 4.88 Å². The fourth-order valence-corrected chi connectivity index (χ4v) is 4.47. The molecule has 8 heteroatoms. The van der Waals surface area contributed by atoms with Crippen molar-refractivity contribution in [3.63, 3.8) is 0 Å². The van der Waals surface area contributed by atoms with Gasteiger partial charge in [-0.2, -0.15) is 4.98 Å². The highest BCUT2D eigenvalue weighted by molar-refractivity contribution is 7.18. The van der Waals surface area contributed by atoms with E-state index in [4.69, 9.17) is 4.74 Å². The molecule has 1 fully saturated rings. The van der Waals surface area contributed by atoms with E-state index in [1.807, 2.05) is 30.3 Å². The standard InChI is InChI=1S/C22H22N6OS/c1-16-13-18-20(24-15-25-21(18)30-16)27-9-11-28(12-10-27)22-23-8-7-19(26-22)29-14-17-5-3-2-4-6-17/h2-8,13,15H,9-12,14H2,1H3. The highest BCUT2D eigenvalue weighted by Crippen LogP contribution is 2.30. The number of thiophene rings is 1. The Kier molecular flexibility index (Phi) is 5.15. The minimum absolute atomic E-state index is 0.495. The van der Waals surface area contributed by atoms with Gasteiger partial charge in [0.1, 0.15) is 23.6 Å². The Morgan fingerprint density at radius 2 is 1.77 bits per heavy atom. The van der Waals surface area contributed by atoms with E-state index in [9.17, 15) is 0 Å². The molecule has 7 nitrogen and oxygen atoms in total. The topological polar surface area (TPSA) is 67.3 Å². The minimum atomic E-state index is 0.495. The lowest BCUT2D eigenvalue weighted by molar-refractivity contribution is 0.293. The van der Waals surface area contributed by atoms with Crippen LogP contribution >= 0.6 is 11.3 Å². The van der Waals surface area contributed by atoms with Crippen molar-refractivity contribution in [2.75, 3.05) is 36.0 Å². The van der Waals surface area contributed by atoms with Gasteiger partial charge in [-0.3, -0.25) is 0 Å². The van der Waals surface area contributed by atoms with Crippen LogP contribution in [0.5, 0.6) is 5.88 Å². The number of piperazine rings is 1. The van der Waals surface area contributed by atoms with Crippen LogP contribution in [0.15, 0.2) is 55.0 Å². The molecule has 0 spiro atoms. The molecule has 1 saturated heterocycles. The number of aryl methyl sites for hydroxylation is 1. The lowest BCUT2D eigenvalue weighted by Crippen LogP contribution is -2.47. The predicted octanol–water partition coefficient (Wildman–Crippen LogP) is 3.70. The Morgan fingerprint density at radius 3 is 2.60 bits per heavy atom. The van der Waals surface area contributed by atoms with Crippen LogP contribution in [-0.2, 0) is 6.61 Å². The Bertz CT molecular complexity index is 1140. The Hall–Kier alpha value is -3.26. The summed E-state index contributed by atoms with van der Waals surface area (Å²) in [5.74, 6) is 2.32. The zero-order valence-electron chi connectivity index (χ0n) is 16.7. The van der Waals surface area contributed by atoms with Crippen molar-refractivity contribution < 1.29 is 4.74 Å². The van der Waals surface area contributed by atoms with Crippen molar-refractivity contribution >= 4 is 33.3 Å². The molecule has 1 aromatic carbocycles. The molecule has 0 amide bonds. The molecular formula is C22H22N6OS. The summed E-state index contributed by atoms with van der Waals surface area (Å²) in [6.45, 7) is 5.99. The van der Waals surface area contributed by atoms with Gasteiger partial charge in [0, 0.05) is 43.3 Å². The molecule has 0 bridgehead atoms. The Balaban J connectivity index is 1.25. The number of anilines is 2. The minimum Gasteiger partial charge on any atom is -0.473 e. The number of ether oxygens (including phenoxy) is 1. The average Bonchev–Trinajstić information content (AvgIpc) is 3.19. The molecule has 4 aromatic rings. The third-order valence-corrected chi connectivity index (χ3v) is 6.10. The quantitative estimate of drug-likeness (QED) is 0.490. The van der Waals surface area contributed by atoms with Crippen molar-refractivity contribution in [1.82, 2.24) is 19.9 Å². The summed E-state index contributed by atoms with van der Waals surface area (Å²) in [5.41, 5.74) is 1.12. The number of benzene rings is 1. The summed E-state index contributed by atoms with van der Waals surface area (Å²) >= 11 is 1.71. The summed E-state index contributed by atoms with van der Waals surface area (Å²) in [4.78, 5) is 24.9. The van der Waals surface area contributed by atoms with Gasteiger partial charge in [-0.25, -0.2) is 15.0 Å². The monoisotopic (exact) mass is 418 g/mol. The zero-order valence-corrected chi connectivity index (χ0v) is 17.5. The maximum absolute atomic E-state index is 5.86. The number of hydrogen-bond donors (Lipinski definition) is 0. The fraction of sp³-hybridized carbons (Fsp3) is 0.273. The molecule has 1 aliphatic rings. The second-order valence-corrected chi connectivity index (χ2v) is 8.45. The molecule has 0 N–H and O–H groups in total. The molecule has 5 rings (SSSR count). The first-order chi connectivity index (χ1) is 14.8. The van der Waals surface area contributed by atoms with Gasteiger partial charge in [0.25, 0.3) is 0 Å². The van der Waals surface area contributed by atoms with E-state index in [1.54, 1.807) is 29.9 Å². The van der Waals surface area contributed by atoms with E-state index >= 15 is 0 Å². The highest BCUT2D eigenvalue weighted by atomic mass is 32.1. The SMILES string of the molecule is Cc1cc2c(N3CCN(c4nccc(OCc5ccccc5)n4)CC3)ncnc2s1. The van der Waals surface area contributed by atoms with Crippen LogP contribution in [0.2, 0.25) is 0 Å². The summed E-state index contributed by atoms with van der Waals surface area (Å²) in [7, 11) is 0. The van der Waals surface area contributed by atoms with E-state index in [2.05, 4.69) is 42.7 Å². The van der Waals surface area contributed by atoms with Crippen molar-refractivity contribution in [3.05, 3.63) is 65.4 Å². The van der Waals surface area contributed by atoms with E-state index < -0.39 is 0 Å². The van der Waals surface area contributed by atoms with Gasteiger partial charge in [-0.05, 0) is 18.6 Å². The lowest BCUT2D eigenvalue weighted by Gasteiger charge is -2.35. The lowest BCUT2D eigenvalue weighted by atomic mass is 10.2. The second-order valence-electron chi connectivity index (χ2n) is 7.22. The third kappa shape index (κ3) is 3.91. The maximum Gasteiger partial charge on any atom is 0.228 e. The summed E-state index contributed by atoms with van der Waals surface area (Å²) < 4.78 is 5.86. The first-order valence-corrected chi connectivity index (χ1v) is 10.8. The van der Waals surface area contributed by atoms with Gasteiger partial charge in [-0.15, -0.1) is 11.3 Å². The number of aromatic nitrogens is 4. The van der Waals surface area contributed by atoms with Gasteiger partial charge < -0.3 is 14.5 Å². The molecule has 0 radical (unpaired) electrons. The van der Waals surface area contributed by atoms with Gasteiger partial charge in [0.05, 0.1) is 5.39 Å².